The van der Waals surface area contributed by atoms with Crippen molar-refractivity contribution in [1.82, 2.24) is 0 Å². The van der Waals surface area contributed by atoms with E-state index in [4.69, 9.17) is 37.0 Å². The predicted molar refractivity (Wildman–Crippen MR) is 363 cm³/mol. The van der Waals surface area contributed by atoms with E-state index in [2.05, 4.69) is 41.5 Å². The van der Waals surface area contributed by atoms with E-state index in [1.54, 1.807) is 0 Å². The smallest absolute Gasteiger partial charge is 0.462 e. The Balaban J connectivity index is 5.12. The standard InChI is InChI=1S/C71H138O17P2/c1-7-10-12-14-16-17-18-19-20-21-22-23-24-25-26-27-28-29-30-36-43-49-55-70(75)87-66(60-82-69(74)54-48-42-35-32-31-34-40-46-52-64(6)9-3)61-85-89(77,78)83-57-65(72)58-84-90(79,80)86-62-67(59-81-68(73)53-47-41-33-15-13-11-8-2)88-71(76)56-50-44-38-37-39-45-51-63(4)5/h63-67,72H,7-62H2,1-6H3,(H,77,78)(H,79,80)/t64?,65-,66-,67-/m1/s1. The lowest BCUT2D eigenvalue weighted by Gasteiger charge is -2.21. The van der Waals surface area contributed by atoms with Crippen LogP contribution in [-0.4, -0.2) is 96.7 Å². The first-order valence-corrected chi connectivity index (χ1v) is 40.0. The van der Waals surface area contributed by atoms with E-state index in [0.29, 0.717) is 31.6 Å². The molecule has 3 unspecified atom stereocenters. The average molecular weight is 1330 g/mol. The number of carbonyl (C=O) groups excluding carboxylic acids is 4. The molecule has 17 nitrogen and oxygen atoms in total. The molecule has 90 heavy (non-hydrogen) atoms. The number of aliphatic hydroxyl groups excluding tert-OH is 1. The Morgan fingerprint density at radius 1 is 0.322 bits per heavy atom. The molecule has 0 aromatic heterocycles. The van der Waals surface area contributed by atoms with Crippen LogP contribution in [0.4, 0.5) is 0 Å². The molecule has 0 heterocycles. The fraction of sp³-hybridized carbons (Fsp3) is 0.944. The van der Waals surface area contributed by atoms with Crippen molar-refractivity contribution in [2.45, 2.75) is 381 Å². The van der Waals surface area contributed by atoms with Gasteiger partial charge in [-0.25, -0.2) is 9.13 Å². The van der Waals surface area contributed by atoms with Crippen molar-refractivity contribution in [3.63, 3.8) is 0 Å². The molecule has 0 aliphatic rings. The van der Waals surface area contributed by atoms with Crippen molar-refractivity contribution in [3.8, 4) is 0 Å². The van der Waals surface area contributed by atoms with Gasteiger partial charge in [-0.05, 0) is 37.5 Å². The second-order valence-electron chi connectivity index (χ2n) is 26.3. The van der Waals surface area contributed by atoms with E-state index in [0.717, 1.165) is 109 Å². The lowest BCUT2D eigenvalue weighted by Crippen LogP contribution is -2.30. The second-order valence-corrected chi connectivity index (χ2v) is 29.3. The van der Waals surface area contributed by atoms with E-state index in [1.165, 1.54) is 167 Å². The number of hydrogen-bond acceptors (Lipinski definition) is 15. The van der Waals surface area contributed by atoms with Crippen LogP contribution in [0.5, 0.6) is 0 Å². The summed E-state index contributed by atoms with van der Waals surface area (Å²) in [4.78, 5) is 72.3. The van der Waals surface area contributed by atoms with Gasteiger partial charge < -0.3 is 33.8 Å². The van der Waals surface area contributed by atoms with Crippen LogP contribution in [0.1, 0.15) is 363 Å². The minimum Gasteiger partial charge on any atom is -0.462 e. The summed E-state index contributed by atoms with van der Waals surface area (Å²) in [6, 6.07) is 0. The third-order valence-electron chi connectivity index (χ3n) is 16.8. The van der Waals surface area contributed by atoms with Crippen molar-refractivity contribution >= 4 is 39.5 Å². The number of hydrogen-bond donors (Lipinski definition) is 3. The number of phosphoric ester groups is 2. The van der Waals surface area contributed by atoms with Crippen LogP contribution in [0.25, 0.3) is 0 Å². The van der Waals surface area contributed by atoms with E-state index in [-0.39, 0.29) is 25.7 Å². The number of ether oxygens (including phenoxy) is 4. The molecule has 6 atom stereocenters. The van der Waals surface area contributed by atoms with E-state index < -0.39 is 97.5 Å². The monoisotopic (exact) mass is 1320 g/mol. The van der Waals surface area contributed by atoms with Gasteiger partial charge in [-0.1, -0.05) is 311 Å². The van der Waals surface area contributed by atoms with Crippen molar-refractivity contribution in [2.24, 2.45) is 11.8 Å². The quantitative estimate of drug-likeness (QED) is 0.0222. The van der Waals surface area contributed by atoms with E-state index in [9.17, 15) is 43.2 Å². The molecule has 0 amide bonds. The van der Waals surface area contributed by atoms with Crippen LogP contribution < -0.4 is 0 Å². The Kier molecular flexibility index (Phi) is 61.8. The summed E-state index contributed by atoms with van der Waals surface area (Å²) in [6.07, 6.45) is 49.1. The number of phosphoric acid groups is 2. The molecule has 0 aliphatic heterocycles. The summed E-state index contributed by atoms with van der Waals surface area (Å²) in [7, 11) is -9.89. The van der Waals surface area contributed by atoms with Crippen LogP contribution in [0.3, 0.4) is 0 Å². The van der Waals surface area contributed by atoms with Gasteiger partial charge in [0.15, 0.2) is 12.2 Å². The van der Waals surface area contributed by atoms with Crippen LogP contribution in [-0.2, 0) is 65.4 Å². The molecule has 0 saturated carbocycles. The molecule has 0 spiro atoms. The summed E-state index contributed by atoms with van der Waals surface area (Å²) >= 11 is 0. The SMILES string of the molecule is CCCCCCCCCCCCCCCCCCCCCCCCC(=O)O[C@H](COC(=O)CCCCCCCCCCC(C)CC)COP(=O)(O)OC[C@@H](O)COP(=O)(O)OC[C@@H](COC(=O)CCCCCCCCC)OC(=O)CCCCCCCCC(C)C. The molecule has 0 aromatic rings. The van der Waals surface area contributed by atoms with Crippen molar-refractivity contribution in [2.75, 3.05) is 39.6 Å². The molecule has 534 valence electrons. The summed E-state index contributed by atoms with van der Waals surface area (Å²) in [6.45, 7) is 9.41. The Labute approximate surface area is 549 Å². The fourth-order valence-electron chi connectivity index (χ4n) is 10.7. The van der Waals surface area contributed by atoms with Gasteiger partial charge >= 0.3 is 39.5 Å². The number of carbonyl (C=O) groups is 4. The zero-order chi connectivity index (χ0) is 66.5. The maximum absolute atomic E-state index is 13.0. The average Bonchev–Trinajstić information content (AvgIpc) is 2.86. The highest BCUT2D eigenvalue weighted by Gasteiger charge is 2.30. The molecule has 0 fully saturated rings. The van der Waals surface area contributed by atoms with Gasteiger partial charge in [0.1, 0.15) is 19.3 Å². The van der Waals surface area contributed by atoms with Gasteiger partial charge in [-0.15, -0.1) is 0 Å². The highest BCUT2D eigenvalue weighted by Crippen LogP contribution is 2.45. The lowest BCUT2D eigenvalue weighted by atomic mass is 9.99. The third kappa shape index (κ3) is 63.5. The minimum absolute atomic E-state index is 0.102. The van der Waals surface area contributed by atoms with Gasteiger partial charge in [0.05, 0.1) is 26.4 Å². The fourth-order valence-corrected chi connectivity index (χ4v) is 12.3. The number of unbranched alkanes of at least 4 members (excludes halogenated alkanes) is 39. The Morgan fingerprint density at radius 2 is 0.567 bits per heavy atom. The highest BCUT2D eigenvalue weighted by atomic mass is 31.2. The molecular formula is C71H138O17P2. The number of rotatable bonds is 70. The van der Waals surface area contributed by atoms with Crippen LogP contribution >= 0.6 is 15.6 Å². The highest BCUT2D eigenvalue weighted by molar-refractivity contribution is 7.47. The van der Waals surface area contributed by atoms with Gasteiger partial charge in [-0.2, -0.15) is 0 Å². The summed E-state index contributed by atoms with van der Waals surface area (Å²) in [5.74, 6) is -0.688. The maximum atomic E-state index is 13.0. The molecule has 19 heteroatoms. The summed E-state index contributed by atoms with van der Waals surface area (Å²) < 4.78 is 68.1. The van der Waals surface area contributed by atoms with Crippen molar-refractivity contribution in [1.29, 1.82) is 0 Å². The van der Waals surface area contributed by atoms with Crippen LogP contribution in [0.2, 0.25) is 0 Å². The van der Waals surface area contributed by atoms with E-state index in [1.807, 2.05) is 0 Å². The third-order valence-corrected chi connectivity index (χ3v) is 18.7. The zero-order valence-electron chi connectivity index (χ0n) is 58.4. The Hall–Kier alpha value is -1.94. The minimum atomic E-state index is -4.95. The summed E-state index contributed by atoms with van der Waals surface area (Å²) in [5.41, 5.74) is 0. The maximum Gasteiger partial charge on any atom is 0.472 e. The first-order chi connectivity index (χ1) is 43.4. The van der Waals surface area contributed by atoms with Gasteiger partial charge in [0.2, 0.25) is 0 Å². The molecule has 0 radical (unpaired) electrons. The van der Waals surface area contributed by atoms with Crippen molar-refractivity contribution in [3.05, 3.63) is 0 Å². The van der Waals surface area contributed by atoms with Crippen LogP contribution in [0, 0.1) is 11.8 Å². The van der Waals surface area contributed by atoms with Gasteiger partial charge in [-0.3, -0.25) is 37.3 Å². The van der Waals surface area contributed by atoms with Gasteiger partial charge in [0.25, 0.3) is 0 Å². The van der Waals surface area contributed by atoms with Crippen molar-refractivity contribution < 1.29 is 80.2 Å². The first kappa shape index (κ1) is 88.1. The normalized spacial score (nSPS) is 14.4. The molecule has 0 aliphatic carbocycles. The first-order valence-electron chi connectivity index (χ1n) is 37.0. The lowest BCUT2D eigenvalue weighted by molar-refractivity contribution is -0.161. The predicted octanol–water partition coefficient (Wildman–Crippen LogP) is 20.4. The molecular weight excluding hydrogens is 1190 g/mol. The zero-order valence-corrected chi connectivity index (χ0v) is 60.2. The second kappa shape index (κ2) is 63.1. The largest absolute Gasteiger partial charge is 0.472 e. The summed E-state index contributed by atoms with van der Waals surface area (Å²) in [5, 5.41) is 10.6. The van der Waals surface area contributed by atoms with Crippen LogP contribution in [0.15, 0.2) is 0 Å². The molecule has 0 rings (SSSR count). The number of aliphatic hydroxyl groups is 1. The molecule has 0 saturated heterocycles. The van der Waals surface area contributed by atoms with Gasteiger partial charge in [0, 0.05) is 25.7 Å². The Bertz CT molecular complexity index is 1750. The molecule has 3 N–H and O–H groups in total. The number of esters is 4. The molecule has 0 bridgehead atoms. The Morgan fingerprint density at radius 3 is 0.844 bits per heavy atom. The molecule has 0 aromatic carbocycles. The topological polar surface area (TPSA) is 237 Å². The van der Waals surface area contributed by atoms with E-state index >= 15 is 0 Å².